The molecular formula is C47H34N6. The average molecular weight is 683 g/mol. The lowest BCUT2D eigenvalue weighted by atomic mass is 9.96. The summed E-state index contributed by atoms with van der Waals surface area (Å²) in [6.45, 7) is 4.38. The molecule has 0 amide bonds. The Balaban J connectivity index is 1.04. The highest BCUT2D eigenvalue weighted by atomic mass is 15.0. The first-order valence-electron chi connectivity index (χ1n) is 17.8. The van der Waals surface area contributed by atoms with Crippen LogP contribution in [0.15, 0.2) is 164 Å². The fraction of sp³-hybridized carbons (Fsp3) is 0.0638. The van der Waals surface area contributed by atoms with Gasteiger partial charge >= 0.3 is 0 Å². The Bertz CT molecular complexity index is 2650. The van der Waals surface area contributed by atoms with E-state index in [1.54, 1.807) is 6.20 Å². The number of aromatic nitrogens is 6. The first-order chi connectivity index (χ1) is 26.1. The van der Waals surface area contributed by atoms with Crippen LogP contribution in [0.4, 0.5) is 0 Å². The zero-order valence-electron chi connectivity index (χ0n) is 29.3. The monoisotopic (exact) mass is 682 g/mol. The van der Waals surface area contributed by atoms with Crippen LogP contribution in [0, 0.1) is 0 Å². The van der Waals surface area contributed by atoms with Crippen LogP contribution >= 0.6 is 0 Å². The molecule has 0 saturated heterocycles. The third kappa shape index (κ3) is 6.32. The smallest absolute Gasteiger partial charge is 0.182 e. The highest BCUT2D eigenvalue weighted by Crippen LogP contribution is 2.35. The van der Waals surface area contributed by atoms with E-state index in [0.29, 0.717) is 23.2 Å². The predicted octanol–water partition coefficient (Wildman–Crippen LogP) is 11.5. The molecule has 252 valence electrons. The first-order valence-corrected chi connectivity index (χ1v) is 17.8. The molecule has 0 N–H and O–H groups in total. The van der Waals surface area contributed by atoms with Crippen LogP contribution < -0.4 is 0 Å². The second-order valence-electron chi connectivity index (χ2n) is 13.4. The van der Waals surface area contributed by atoms with Gasteiger partial charge in [0.15, 0.2) is 17.5 Å². The zero-order valence-corrected chi connectivity index (χ0v) is 29.3. The van der Waals surface area contributed by atoms with Crippen molar-refractivity contribution in [1.29, 1.82) is 0 Å². The van der Waals surface area contributed by atoms with Crippen molar-refractivity contribution in [2.45, 2.75) is 19.8 Å². The van der Waals surface area contributed by atoms with E-state index in [9.17, 15) is 0 Å². The van der Waals surface area contributed by atoms with Gasteiger partial charge in [0, 0.05) is 39.4 Å². The molecule has 0 saturated carbocycles. The molecule has 6 nitrogen and oxygen atoms in total. The molecule has 4 aromatic heterocycles. The standard InChI is InChI=1S/C47H34N6/c1-30(2)42-29-39(33-11-5-3-6-12-33)38-26-24-35-25-27-40(49-43(35)44(38)50-42)34-20-16-31(17-21-34)32-18-22-37(23-19-32)46-51-45(36-13-7-4-8-14-36)52-47(53-46)41-15-9-10-28-48-41/h3-30H,1-2H3. The van der Waals surface area contributed by atoms with E-state index in [1.807, 2.05) is 48.5 Å². The van der Waals surface area contributed by atoms with Gasteiger partial charge in [0.05, 0.1) is 16.7 Å². The van der Waals surface area contributed by atoms with Crippen LogP contribution in [-0.2, 0) is 0 Å². The van der Waals surface area contributed by atoms with E-state index < -0.39 is 0 Å². The number of hydrogen-bond donors (Lipinski definition) is 0. The molecule has 0 atom stereocenters. The van der Waals surface area contributed by atoms with E-state index >= 15 is 0 Å². The summed E-state index contributed by atoms with van der Waals surface area (Å²) < 4.78 is 0. The van der Waals surface area contributed by atoms with Gasteiger partial charge in [0.1, 0.15) is 5.69 Å². The number of benzene rings is 5. The first kappa shape index (κ1) is 32.0. The van der Waals surface area contributed by atoms with Crippen molar-refractivity contribution < 1.29 is 0 Å². The Labute approximate surface area is 308 Å². The van der Waals surface area contributed by atoms with E-state index in [2.05, 4.69) is 128 Å². The largest absolute Gasteiger partial charge is 0.253 e. The fourth-order valence-electron chi connectivity index (χ4n) is 6.68. The number of pyridine rings is 3. The molecular weight excluding hydrogens is 649 g/mol. The number of fused-ring (bicyclic) bond motifs is 3. The zero-order chi connectivity index (χ0) is 35.7. The van der Waals surface area contributed by atoms with Gasteiger partial charge in [-0.2, -0.15) is 0 Å². The Morgan fingerprint density at radius 1 is 0.396 bits per heavy atom. The van der Waals surface area contributed by atoms with Crippen molar-refractivity contribution in [2.24, 2.45) is 0 Å². The minimum Gasteiger partial charge on any atom is -0.253 e. The van der Waals surface area contributed by atoms with Gasteiger partial charge in [-0.05, 0) is 52.4 Å². The Morgan fingerprint density at radius 2 is 0.962 bits per heavy atom. The number of rotatable bonds is 7. The molecule has 0 aliphatic carbocycles. The topological polar surface area (TPSA) is 77.3 Å². The summed E-state index contributed by atoms with van der Waals surface area (Å²) in [6, 6.07) is 54.0. The fourth-order valence-corrected chi connectivity index (χ4v) is 6.68. The van der Waals surface area contributed by atoms with E-state index in [1.165, 1.54) is 11.1 Å². The van der Waals surface area contributed by atoms with E-state index in [4.69, 9.17) is 24.9 Å². The highest BCUT2D eigenvalue weighted by molar-refractivity contribution is 6.08. The van der Waals surface area contributed by atoms with Gasteiger partial charge in [0.2, 0.25) is 0 Å². The van der Waals surface area contributed by atoms with Gasteiger partial charge in [0.25, 0.3) is 0 Å². The quantitative estimate of drug-likeness (QED) is 0.156. The lowest BCUT2D eigenvalue weighted by Gasteiger charge is -2.14. The van der Waals surface area contributed by atoms with Crippen molar-refractivity contribution in [1.82, 2.24) is 29.9 Å². The van der Waals surface area contributed by atoms with Crippen molar-refractivity contribution in [3.05, 3.63) is 170 Å². The highest BCUT2D eigenvalue weighted by Gasteiger charge is 2.16. The number of nitrogens with zero attached hydrogens (tertiary/aromatic N) is 6. The van der Waals surface area contributed by atoms with Crippen LogP contribution in [-0.4, -0.2) is 29.9 Å². The molecule has 0 bridgehead atoms. The van der Waals surface area contributed by atoms with Crippen LogP contribution in [0.25, 0.3) is 89.6 Å². The molecule has 9 aromatic rings. The minimum atomic E-state index is 0.287. The molecule has 0 radical (unpaired) electrons. The lowest BCUT2D eigenvalue weighted by molar-refractivity contribution is 0.831. The summed E-state index contributed by atoms with van der Waals surface area (Å²) in [7, 11) is 0. The molecule has 6 heteroatoms. The third-order valence-corrected chi connectivity index (χ3v) is 9.55. The molecule has 53 heavy (non-hydrogen) atoms. The SMILES string of the molecule is CC(C)c1cc(-c2ccccc2)c2ccc3ccc(-c4ccc(-c5ccc(-c6nc(-c7ccccc7)nc(-c7ccccn7)n6)cc5)cc4)nc3c2n1. The molecule has 0 aliphatic rings. The van der Waals surface area contributed by atoms with Crippen molar-refractivity contribution >= 4 is 21.8 Å². The molecule has 0 spiro atoms. The summed E-state index contributed by atoms with van der Waals surface area (Å²) in [4.78, 5) is 29.3. The van der Waals surface area contributed by atoms with Crippen LogP contribution in [0.3, 0.4) is 0 Å². The van der Waals surface area contributed by atoms with Crippen LogP contribution in [0.5, 0.6) is 0 Å². The predicted molar refractivity (Wildman–Crippen MR) is 215 cm³/mol. The molecule has 0 fully saturated rings. The van der Waals surface area contributed by atoms with Crippen LogP contribution in [0.1, 0.15) is 25.5 Å². The molecule has 4 heterocycles. The second-order valence-corrected chi connectivity index (χ2v) is 13.4. The summed E-state index contributed by atoms with van der Waals surface area (Å²) in [6.07, 6.45) is 1.75. The van der Waals surface area contributed by atoms with Crippen molar-refractivity contribution in [3.63, 3.8) is 0 Å². The maximum absolute atomic E-state index is 5.23. The van der Waals surface area contributed by atoms with E-state index in [0.717, 1.165) is 61.0 Å². The normalized spacial score (nSPS) is 11.4. The maximum atomic E-state index is 5.23. The summed E-state index contributed by atoms with van der Waals surface area (Å²) in [5.41, 5.74) is 12.0. The van der Waals surface area contributed by atoms with Gasteiger partial charge < -0.3 is 0 Å². The Kier molecular flexibility index (Phi) is 8.25. The summed E-state index contributed by atoms with van der Waals surface area (Å²) in [5.74, 6) is 2.04. The lowest BCUT2D eigenvalue weighted by Crippen LogP contribution is -2.00. The van der Waals surface area contributed by atoms with Gasteiger partial charge in [-0.1, -0.05) is 147 Å². The number of hydrogen-bond acceptors (Lipinski definition) is 6. The average Bonchev–Trinajstić information content (AvgIpc) is 3.24. The third-order valence-electron chi connectivity index (χ3n) is 9.55. The molecule has 9 rings (SSSR count). The van der Waals surface area contributed by atoms with Crippen molar-refractivity contribution in [2.75, 3.05) is 0 Å². The Morgan fingerprint density at radius 3 is 1.60 bits per heavy atom. The van der Waals surface area contributed by atoms with Gasteiger partial charge in [-0.3, -0.25) is 9.97 Å². The summed E-state index contributed by atoms with van der Waals surface area (Å²) in [5, 5.41) is 2.18. The van der Waals surface area contributed by atoms with Crippen LogP contribution in [0.2, 0.25) is 0 Å². The summed E-state index contributed by atoms with van der Waals surface area (Å²) >= 11 is 0. The molecule has 0 unspecified atom stereocenters. The minimum absolute atomic E-state index is 0.287. The van der Waals surface area contributed by atoms with Gasteiger partial charge in [-0.25, -0.2) is 19.9 Å². The maximum Gasteiger partial charge on any atom is 0.182 e. The van der Waals surface area contributed by atoms with E-state index in [-0.39, 0.29) is 5.92 Å². The second kappa shape index (κ2) is 13.7. The Hall–Kier alpha value is -6.92. The van der Waals surface area contributed by atoms with Crippen molar-refractivity contribution in [3.8, 4) is 67.8 Å². The van der Waals surface area contributed by atoms with Gasteiger partial charge in [-0.15, -0.1) is 0 Å². The molecule has 5 aromatic carbocycles. The molecule has 0 aliphatic heterocycles.